The fourth-order valence-corrected chi connectivity index (χ4v) is 15.1. The van der Waals surface area contributed by atoms with Crippen LogP contribution < -0.4 is 0 Å². The Morgan fingerprint density at radius 1 is 0.800 bits per heavy atom. The van der Waals surface area contributed by atoms with Crippen molar-refractivity contribution in [1.82, 2.24) is 9.80 Å². The van der Waals surface area contributed by atoms with E-state index in [9.17, 15) is 9.59 Å². The Kier molecular flexibility index (Phi) is 18.0. The van der Waals surface area contributed by atoms with Gasteiger partial charge in [0.05, 0.1) is 44.7 Å². The molecule has 2 fully saturated rings. The smallest absolute Gasteiger partial charge is 0.410 e. The van der Waals surface area contributed by atoms with Gasteiger partial charge in [0.1, 0.15) is 12.1 Å². The van der Waals surface area contributed by atoms with Gasteiger partial charge < -0.3 is 42.6 Å². The zero-order chi connectivity index (χ0) is 41.3. The summed E-state index contributed by atoms with van der Waals surface area (Å²) in [7, 11) is -1.78. The maximum Gasteiger partial charge on any atom is 0.410 e. The number of amides is 2. The molecule has 0 bridgehead atoms. The molecule has 0 aromatic heterocycles. The van der Waals surface area contributed by atoms with Crippen LogP contribution in [0.5, 0.6) is 0 Å². The number of nitrogens with zero attached hydrogens (tertiary/aromatic N) is 2. The first-order valence-corrected chi connectivity index (χ1v) is 30.2. The van der Waals surface area contributed by atoms with Gasteiger partial charge in [-0.2, -0.15) is 0 Å². The minimum Gasteiger partial charge on any atom is -0.450 e. The van der Waals surface area contributed by atoms with Crippen molar-refractivity contribution in [2.45, 2.75) is 179 Å². The zero-order valence-corrected chi connectivity index (χ0v) is 39.9. The van der Waals surface area contributed by atoms with Gasteiger partial charge in [0.25, 0.3) is 0 Å². The monoisotopic (exact) mass is 824 g/mol. The Balaban J connectivity index is 1.93. The van der Waals surface area contributed by atoms with E-state index < -0.39 is 61.4 Å². The third-order valence-corrected chi connectivity index (χ3v) is 20.8. The van der Waals surface area contributed by atoms with E-state index in [1.54, 1.807) is 23.9 Å². The van der Waals surface area contributed by atoms with Crippen molar-refractivity contribution in [1.29, 1.82) is 0 Å². The van der Waals surface area contributed by atoms with Crippen molar-refractivity contribution in [3.05, 3.63) is 35.9 Å². The quantitative estimate of drug-likeness (QED) is 0.134. The average molecular weight is 825 g/mol. The van der Waals surface area contributed by atoms with Crippen LogP contribution in [-0.2, 0) is 39.5 Å². The second kappa shape index (κ2) is 20.8. The van der Waals surface area contributed by atoms with Gasteiger partial charge in [0.2, 0.25) is 8.32 Å². The molecule has 316 valence electrons. The number of carbonyl (C=O) groups excluding carboxylic acids is 2. The van der Waals surface area contributed by atoms with E-state index in [1.807, 2.05) is 37.3 Å². The van der Waals surface area contributed by atoms with E-state index in [0.29, 0.717) is 32.7 Å². The lowest BCUT2D eigenvalue weighted by Crippen LogP contribution is -2.67. The van der Waals surface area contributed by atoms with Crippen LogP contribution in [0.25, 0.3) is 0 Å². The Morgan fingerprint density at radius 3 is 1.82 bits per heavy atom. The lowest BCUT2D eigenvalue weighted by molar-refractivity contribution is -0.295. The van der Waals surface area contributed by atoms with Crippen molar-refractivity contribution in [2.75, 3.05) is 33.9 Å². The van der Waals surface area contributed by atoms with Gasteiger partial charge in [-0.25, -0.2) is 9.59 Å². The molecule has 0 N–H and O–H groups in total. The van der Waals surface area contributed by atoms with Gasteiger partial charge in [-0.3, -0.25) is 0 Å². The van der Waals surface area contributed by atoms with Crippen molar-refractivity contribution < 1.29 is 42.4 Å². The molecule has 0 aliphatic carbocycles. The minimum absolute atomic E-state index is 0.155. The Bertz CT molecular complexity index is 1300. The van der Waals surface area contributed by atoms with Gasteiger partial charge in [-0.05, 0) is 47.6 Å². The highest BCUT2D eigenvalue weighted by Crippen LogP contribution is 2.45. The van der Waals surface area contributed by atoms with E-state index >= 15 is 0 Å². The van der Waals surface area contributed by atoms with Gasteiger partial charge in [-0.15, -0.1) is 0 Å². The molecule has 2 amide bonds. The van der Waals surface area contributed by atoms with E-state index in [1.165, 1.54) is 0 Å². The van der Waals surface area contributed by atoms with Crippen LogP contribution in [0.15, 0.2) is 30.3 Å². The van der Waals surface area contributed by atoms with E-state index in [0.717, 1.165) is 17.7 Å². The van der Waals surface area contributed by atoms with Gasteiger partial charge in [-0.1, -0.05) is 111 Å². The number of likely N-dealkylation sites (N-methyl/N-ethyl adjacent to an activating group) is 2. The SMILES string of the molecule is CC(C)[Si](O[C@@H]1[C@@H](N(C)C(=O)OCC[Si](C)(C)C)[C@H](OCc2ccccc2)OC[C@H]1O[C@H]1CC[C@H](N(C)C(=O)OCC[Si](C)(C)C)[C@@H](C)O1)(C(C)C)C(C)C. The molecule has 1 aromatic carbocycles. The van der Waals surface area contributed by atoms with E-state index in [4.69, 9.17) is 32.8 Å². The molecule has 11 nitrogen and oxygen atoms in total. The van der Waals surface area contributed by atoms with E-state index in [-0.39, 0.29) is 41.5 Å². The molecular formula is C41H76N2O9Si3. The summed E-state index contributed by atoms with van der Waals surface area (Å²) in [4.78, 5) is 30.2. The highest BCUT2D eigenvalue weighted by Gasteiger charge is 2.54. The number of hydrogen-bond donors (Lipinski definition) is 0. The molecular weight excluding hydrogens is 749 g/mol. The molecule has 2 aliphatic rings. The van der Waals surface area contributed by atoms with Crippen molar-refractivity contribution in [3.8, 4) is 0 Å². The molecule has 2 aliphatic heterocycles. The molecule has 2 heterocycles. The number of carbonyl (C=O) groups is 2. The number of ether oxygens (including phenoxy) is 6. The Hall–Kier alpha value is -1.79. The standard InChI is InChI=1S/C41H76N2O9Si3/c1-29(2)55(30(3)4,31(5)6)52-38-35(51-36-22-21-34(32(7)50-36)42(8)40(44)46-23-25-53(10,11)12)28-49-39(48-27-33-19-17-16-18-20-33)37(38)43(9)41(45)47-24-26-54(13,14)15/h16-20,29-32,34-39H,21-28H2,1-15H3/t32-,34+,35-,36+,37-,38+,39-/m1/s1. The summed E-state index contributed by atoms with van der Waals surface area (Å²) in [6.07, 6.45) is -2.33. The third kappa shape index (κ3) is 13.6. The zero-order valence-electron chi connectivity index (χ0n) is 36.9. The fourth-order valence-electron chi connectivity index (χ4n) is 8.06. The molecule has 0 spiro atoms. The van der Waals surface area contributed by atoms with Crippen molar-refractivity contribution >= 4 is 36.7 Å². The summed E-state index contributed by atoms with van der Waals surface area (Å²) < 4.78 is 45.6. The Labute approximate surface area is 336 Å². The molecule has 0 unspecified atom stereocenters. The lowest BCUT2D eigenvalue weighted by atomic mass is 9.99. The molecule has 2 saturated heterocycles. The predicted octanol–water partition coefficient (Wildman–Crippen LogP) is 9.58. The Morgan fingerprint density at radius 2 is 1.33 bits per heavy atom. The fraction of sp³-hybridized carbons (Fsp3) is 0.805. The second-order valence-electron chi connectivity index (χ2n) is 19.1. The third-order valence-electron chi connectivity index (χ3n) is 11.3. The molecule has 0 radical (unpaired) electrons. The average Bonchev–Trinajstić information content (AvgIpc) is 3.08. The first-order valence-electron chi connectivity index (χ1n) is 20.6. The summed E-state index contributed by atoms with van der Waals surface area (Å²) in [5.41, 5.74) is 1.84. The predicted molar refractivity (Wildman–Crippen MR) is 227 cm³/mol. The highest BCUT2D eigenvalue weighted by molar-refractivity contribution is 6.78. The normalized spacial score (nSPS) is 25.3. The van der Waals surface area contributed by atoms with Crippen LogP contribution in [0, 0.1) is 0 Å². The van der Waals surface area contributed by atoms with Crippen LogP contribution in [0.4, 0.5) is 9.59 Å². The van der Waals surface area contributed by atoms with Crippen LogP contribution in [0.1, 0.15) is 66.9 Å². The van der Waals surface area contributed by atoms with Gasteiger partial charge in [0, 0.05) is 36.7 Å². The molecule has 55 heavy (non-hydrogen) atoms. The molecule has 1 aromatic rings. The number of rotatable bonds is 18. The van der Waals surface area contributed by atoms with Crippen LogP contribution in [0.2, 0.25) is 68.0 Å². The first kappa shape index (κ1) is 47.6. The first-order chi connectivity index (χ1) is 25.6. The highest BCUT2D eigenvalue weighted by atomic mass is 28.4. The summed E-state index contributed by atoms with van der Waals surface area (Å²) in [6.45, 7) is 30.4. The second-order valence-corrected chi connectivity index (χ2v) is 35.7. The molecule has 0 saturated carbocycles. The summed E-state index contributed by atoms with van der Waals surface area (Å²) >= 11 is 0. The molecule has 7 atom stereocenters. The topological polar surface area (TPSA) is 105 Å². The minimum atomic E-state index is -2.55. The van der Waals surface area contributed by atoms with Gasteiger partial charge in [0.15, 0.2) is 12.6 Å². The maximum absolute atomic E-state index is 13.9. The van der Waals surface area contributed by atoms with Gasteiger partial charge >= 0.3 is 12.2 Å². The van der Waals surface area contributed by atoms with Crippen LogP contribution in [-0.4, -0.2) is 123 Å². The number of benzene rings is 1. The lowest BCUT2D eigenvalue weighted by Gasteiger charge is -2.52. The summed E-state index contributed by atoms with van der Waals surface area (Å²) in [5, 5.41) is 0. The summed E-state index contributed by atoms with van der Waals surface area (Å²) in [5.74, 6) is 0. The van der Waals surface area contributed by atoms with E-state index in [2.05, 4.69) is 80.8 Å². The van der Waals surface area contributed by atoms with Crippen molar-refractivity contribution in [2.24, 2.45) is 0 Å². The number of hydrogen-bond acceptors (Lipinski definition) is 9. The molecule has 14 heteroatoms. The largest absolute Gasteiger partial charge is 0.450 e. The summed E-state index contributed by atoms with van der Waals surface area (Å²) in [6, 6.07) is 10.9. The maximum atomic E-state index is 13.9. The van der Waals surface area contributed by atoms with Crippen molar-refractivity contribution in [3.63, 3.8) is 0 Å². The molecule has 3 rings (SSSR count). The van der Waals surface area contributed by atoms with Crippen LogP contribution in [0.3, 0.4) is 0 Å². The van der Waals surface area contributed by atoms with Crippen LogP contribution >= 0.6 is 0 Å².